The van der Waals surface area contributed by atoms with Crippen molar-refractivity contribution in [3.63, 3.8) is 0 Å². The third kappa shape index (κ3) is 2.85. The van der Waals surface area contributed by atoms with Crippen LogP contribution in [0.3, 0.4) is 0 Å². The Hall–Kier alpha value is -3.52. The smallest absolute Gasteiger partial charge is 0.136 e. The highest BCUT2D eigenvalue weighted by atomic mass is 16.3. The molecule has 0 fully saturated rings. The van der Waals surface area contributed by atoms with Crippen molar-refractivity contribution < 1.29 is 4.42 Å². The van der Waals surface area contributed by atoms with Crippen LogP contribution in [0.5, 0.6) is 0 Å². The quantitative estimate of drug-likeness (QED) is 0.369. The van der Waals surface area contributed by atoms with Crippen LogP contribution in [0.1, 0.15) is 5.56 Å². The maximum absolute atomic E-state index is 6.11. The SMILES string of the molecule is Cc1ccc(Nc2cc3c(cc2-c2ccccc2)oc2ccccc23)cc1. The van der Waals surface area contributed by atoms with Crippen LogP contribution in [-0.2, 0) is 0 Å². The van der Waals surface area contributed by atoms with Crippen LogP contribution < -0.4 is 5.32 Å². The third-order valence-corrected chi connectivity index (χ3v) is 4.93. The number of aryl methyl sites for hydroxylation is 1. The molecule has 0 amide bonds. The molecule has 0 atom stereocenters. The number of benzene rings is 4. The van der Waals surface area contributed by atoms with Gasteiger partial charge in [-0.25, -0.2) is 0 Å². The summed E-state index contributed by atoms with van der Waals surface area (Å²) in [6, 6.07) is 31.4. The van der Waals surface area contributed by atoms with Crippen molar-refractivity contribution in [2.24, 2.45) is 0 Å². The predicted octanol–water partition coefficient (Wildman–Crippen LogP) is 7.31. The van der Waals surface area contributed by atoms with E-state index in [9.17, 15) is 0 Å². The molecular weight excluding hydrogens is 330 g/mol. The van der Waals surface area contributed by atoms with Crippen LogP contribution in [0.25, 0.3) is 33.1 Å². The zero-order valence-electron chi connectivity index (χ0n) is 15.1. The fourth-order valence-corrected chi connectivity index (χ4v) is 3.52. The normalized spacial score (nSPS) is 11.1. The second kappa shape index (κ2) is 6.33. The number of nitrogens with one attached hydrogen (secondary N) is 1. The van der Waals surface area contributed by atoms with Crippen molar-refractivity contribution in [1.82, 2.24) is 0 Å². The summed E-state index contributed by atoms with van der Waals surface area (Å²) in [5, 5.41) is 5.87. The highest BCUT2D eigenvalue weighted by molar-refractivity contribution is 6.08. The van der Waals surface area contributed by atoms with Crippen LogP contribution in [0, 0.1) is 6.92 Å². The van der Waals surface area contributed by atoms with Crippen LogP contribution >= 0.6 is 0 Å². The van der Waals surface area contributed by atoms with Gasteiger partial charge in [0.05, 0.1) is 0 Å². The maximum atomic E-state index is 6.11. The molecule has 0 aliphatic heterocycles. The Kier molecular flexibility index (Phi) is 3.68. The lowest BCUT2D eigenvalue weighted by Gasteiger charge is -2.13. The number of rotatable bonds is 3. The predicted molar refractivity (Wildman–Crippen MR) is 114 cm³/mol. The molecule has 0 unspecified atom stereocenters. The largest absolute Gasteiger partial charge is 0.456 e. The molecular formula is C25H19NO. The Morgan fingerprint density at radius 1 is 0.667 bits per heavy atom. The number of hydrogen-bond donors (Lipinski definition) is 1. The first kappa shape index (κ1) is 15.7. The molecule has 2 nitrogen and oxygen atoms in total. The fourth-order valence-electron chi connectivity index (χ4n) is 3.52. The summed E-state index contributed by atoms with van der Waals surface area (Å²) < 4.78 is 6.11. The molecule has 0 saturated heterocycles. The van der Waals surface area contributed by atoms with E-state index in [1.54, 1.807) is 0 Å². The minimum Gasteiger partial charge on any atom is -0.456 e. The lowest BCUT2D eigenvalue weighted by molar-refractivity contribution is 0.669. The van der Waals surface area contributed by atoms with E-state index < -0.39 is 0 Å². The van der Waals surface area contributed by atoms with E-state index in [0.717, 1.165) is 44.4 Å². The lowest BCUT2D eigenvalue weighted by atomic mass is 10.0. The number of para-hydroxylation sites is 1. The van der Waals surface area contributed by atoms with E-state index >= 15 is 0 Å². The van der Waals surface area contributed by atoms with Gasteiger partial charge in [-0.05, 0) is 42.8 Å². The maximum Gasteiger partial charge on any atom is 0.136 e. The van der Waals surface area contributed by atoms with Gasteiger partial charge in [-0.3, -0.25) is 0 Å². The fraction of sp³-hybridized carbons (Fsp3) is 0.0400. The summed E-state index contributed by atoms with van der Waals surface area (Å²) >= 11 is 0. The number of fused-ring (bicyclic) bond motifs is 3. The van der Waals surface area contributed by atoms with Gasteiger partial charge in [0.15, 0.2) is 0 Å². The van der Waals surface area contributed by atoms with E-state index in [1.807, 2.05) is 18.2 Å². The number of furan rings is 1. The van der Waals surface area contributed by atoms with Crippen molar-refractivity contribution in [3.8, 4) is 11.1 Å². The Balaban J connectivity index is 1.74. The average Bonchev–Trinajstić information content (AvgIpc) is 3.07. The molecule has 130 valence electrons. The van der Waals surface area contributed by atoms with Crippen LogP contribution in [0.2, 0.25) is 0 Å². The van der Waals surface area contributed by atoms with Gasteiger partial charge in [0.1, 0.15) is 11.2 Å². The van der Waals surface area contributed by atoms with E-state index in [1.165, 1.54) is 5.56 Å². The zero-order valence-corrected chi connectivity index (χ0v) is 15.1. The van der Waals surface area contributed by atoms with Crippen molar-refractivity contribution in [1.29, 1.82) is 0 Å². The van der Waals surface area contributed by atoms with E-state index in [2.05, 4.69) is 85.0 Å². The number of anilines is 2. The molecule has 0 aliphatic carbocycles. The van der Waals surface area contributed by atoms with E-state index in [0.29, 0.717) is 0 Å². The molecule has 27 heavy (non-hydrogen) atoms. The molecule has 5 aromatic rings. The molecule has 1 N–H and O–H groups in total. The van der Waals surface area contributed by atoms with Crippen LogP contribution in [0.4, 0.5) is 11.4 Å². The molecule has 4 aromatic carbocycles. The highest BCUT2D eigenvalue weighted by Gasteiger charge is 2.13. The van der Waals surface area contributed by atoms with Gasteiger partial charge in [-0.1, -0.05) is 66.2 Å². The van der Waals surface area contributed by atoms with Crippen LogP contribution in [-0.4, -0.2) is 0 Å². The summed E-state index contributed by atoms with van der Waals surface area (Å²) in [5.41, 5.74) is 7.51. The molecule has 0 aliphatic rings. The standard InChI is InChI=1S/C25H19NO/c1-17-11-13-19(14-12-17)26-23-15-22-20-9-5-6-10-24(20)27-25(22)16-21(23)18-7-3-2-4-8-18/h2-16,26H,1H3. The third-order valence-electron chi connectivity index (χ3n) is 4.93. The molecule has 1 heterocycles. The molecule has 2 heteroatoms. The highest BCUT2D eigenvalue weighted by Crippen LogP contribution is 2.38. The van der Waals surface area contributed by atoms with Gasteiger partial charge in [0.25, 0.3) is 0 Å². The Bertz CT molecular complexity index is 1230. The summed E-state index contributed by atoms with van der Waals surface area (Å²) in [5.74, 6) is 0. The van der Waals surface area contributed by atoms with Gasteiger partial charge < -0.3 is 9.73 Å². The first-order valence-corrected chi connectivity index (χ1v) is 9.12. The minimum absolute atomic E-state index is 0.907. The van der Waals surface area contributed by atoms with Crippen molar-refractivity contribution in [3.05, 3.63) is 96.6 Å². The average molecular weight is 349 g/mol. The Morgan fingerprint density at radius 3 is 2.22 bits per heavy atom. The summed E-state index contributed by atoms with van der Waals surface area (Å²) in [4.78, 5) is 0. The Morgan fingerprint density at radius 2 is 1.41 bits per heavy atom. The second-order valence-electron chi connectivity index (χ2n) is 6.85. The first-order valence-electron chi connectivity index (χ1n) is 9.12. The molecule has 5 rings (SSSR count). The van der Waals surface area contributed by atoms with Crippen molar-refractivity contribution in [2.75, 3.05) is 5.32 Å². The van der Waals surface area contributed by atoms with Gasteiger partial charge in [0.2, 0.25) is 0 Å². The molecule has 0 saturated carbocycles. The van der Waals surface area contributed by atoms with Crippen molar-refractivity contribution >= 4 is 33.3 Å². The topological polar surface area (TPSA) is 25.2 Å². The van der Waals surface area contributed by atoms with Gasteiger partial charge in [-0.15, -0.1) is 0 Å². The monoisotopic (exact) mass is 349 g/mol. The zero-order chi connectivity index (χ0) is 18.2. The van der Waals surface area contributed by atoms with Gasteiger partial charge in [0, 0.05) is 27.7 Å². The van der Waals surface area contributed by atoms with Crippen molar-refractivity contribution in [2.45, 2.75) is 6.92 Å². The second-order valence-corrected chi connectivity index (χ2v) is 6.85. The minimum atomic E-state index is 0.907. The summed E-state index contributed by atoms with van der Waals surface area (Å²) in [6.45, 7) is 2.10. The van der Waals surface area contributed by atoms with Gasteiger partial charge >= 0.3 is 0 Å². The first-order chi connectivity index (χ1) is 13.3. The molecule has 0 radical (unpaired) electrons. The number of hydrogen-bond acceptors (Lipinski definition) is 2. The van der Waals surface area contributed by atoms with Gasteiger partial charge in [-0.2, -0.15) is 0 Å². The van der Waals surface area contributed by atoms with Crippen LogP contribution in [0.15, 0.2) is 95.4 Å². The Labute approximate surface area is 158 Å². The summed E-state index contributed by atoms with van der Waals surface area (Å²) in [6.07, 6.45) is 0. The molecule has 0 spiro atoms. The lowest BCUT2D eigenvalue weighted by Crippen LogP contribution is -1.93. The van der Waals surface area contributed by atoms with E-state index in [4.69, 9.17) is 4.42 Å². The summed E-state index contributed by atoms with van der Waals surface area (Å²) in [7, 11) is 0. The van der Waals surface area contributed by atoms with E-state index in [-0.39, 0.29) is 0 Å². The molecule has 1 aromatic heterocycles. The molecule has 0 bridgehead atoms.